The predicted molar refractivity (Wildman–Crippen MR) is 76.1 cm³/mol. The minimum absolute atomic E-state index is 0.216. The normalized spacial score (nSPS) is 13.2. The zero-order valence-electron chi connectivity index (χ0n) is 12.8. The van der Waals surface area contributed by atoms with Gasteiger partial charge in [-0.3, -0.25) is 4.79 Å². The van der Waals surface area contributed by atoms with Crippen LogP contribution in [0.2, 0.25) is 0 Å². The smallest absolute Gasteiger partial charge is 0.331 e. The lowest BCUT2D eigenvalue weighted by molar-refractivity contribution is -0.148. The summed E-state index contributed by atoms with van der Waals surface area (Å²) >= 11 is 0. The van der Waals surface area contributed by atoms with E-state index in [-0.39, 0.29) is 5.97 Å². The van der Waals surface area contributed by atoms with Gasteiger partial charge < -0.3 is 14.6 Å². The summed E-state index contributed by atoms with van der Waals surface area (Å²) in [6.45, 7) is 7.50. The first-order valence-corrected chi connectivity index (χ1v) is 6.99. The average Bonchev–Trinajstić information content (AvgIpc) is 2.30. The maximum absolute atomic E-state index is 11.4. The molecule has 0 heterocycles. The fraction of sp³-hybridized carbons (Fsp3) is 0.733. The van der Waals surface area contributed by atoms with Gasteiger partial charge in [-0.2, -0.15) is 0 Å². The molecule has 0 aliphatic heterocycles. The lowest BCUT2D eigenvalue weighted by atomic mass is 10.1. The third kappa shape index (κ3) is 11.7. The van der Waals surface area contributed by atoms with E-state index >= 15 is 0 Å². The van der Waals surface area contributed by atoms with Crippen molar-refractivity contribution in [3.63, 3.8) is 0 Å². The summed E-state index contributed by atoms with van der Waals surface area (Å²) in [7, 11) is 0. The molecule has 20 heavy (non-hydrogen) atoms. The van der Waals surface area contributed by atoms with Gasteiger partial charge in [-0.25, -0.2) is 4.79 Å². The molecular formula is C15H26O5. The highest BCUT2D eigenvalue weighted by molar-refractivity contribution is 5.82. The molecule has 1 atom stereocenters. The van der Waals surface area contributed by atoms with Crippen molar-refractivity contribution in [3.8, 4) is 0 Å². The van der Waals surface area contributed by atoms with Gasteiger partial charge in [-0.1, -0.05) is 0 Å². The Labute approximate surface area is 121 Å². The van der Waals surface area contributed by atoms with Gasteiger partial charge in [0.25, 0.3) is 0 Å². The Morgan fingerprint density at radius 3 is 2.45 bits per heavy atom. The van der Waals surface area contributed by atoms with E-state index in [1.54, 1.807) is 27.7 Å². The summed E-state index contributed by atoms with van der Waals surface area (Å²) in [5, 5.41) is 9.65. The third-order valence-corrected chi connectivity index (χ3v) is 2.30. The second kappa shape index (κ2) is 9.53. The summed E-state index contributed by atoms with van der Waals surface area (Å²) in [5.41, 5.74) is -0.536. The van der Waals surface area contributed by atoms with Crippen LogP contribution in [0.3, 0.4) is 0 Å². The molecule has 0 aliphatic carbocycles. The van der Waals surface area contributed by atoms with Gasteiger partial charge in [-0.15, -0.1) is 0 Å². The van der Waals surface area contributed by atoms with E-state index in [9.17, 15) is 14.7 Å². The first kappa shape index (κ1) is 18.6. The Morgan fingerprint density at radius 1 is 1.25 bits per heavy atom. The molecule has 0 radical (unpaired) electrons. The van der Waals surface area contributed by atoms with Crippen LogP contribution in [0.1, 0.15) is 53.4 Å². The molecule has 0 aromatic carbocycles. The number of ether oxygens (including phenoxy) is 2. The number of unbranched alkanes of at least 4 members (excludes halogenated alkanes) is 1. The lowest BCUT2D eigenvalue weighted by Crippen LogP contribution is -2.22. The fourth-order valence-electron chi connectivity index (χ4n) is 1.48. The van der Waals surface area contributed by atoms with Crippen LogP contribution < -0.4 is 0 Å². The van der Waals surface area contributed by atoms with Gasteiger partial charge in [0.05, 0.1) is 12.7 Å². The van der Waals surface area contributed by atoms with E-state index in [1.165, 1.54) is 12.2 Å². The van der Waals surface area contributed by atoms with Crippen molar-refractivity contribution < 1.29 is 24.2 Å². The average molecular weight is 286 g/mol. The van der Waals surface area contributed by atoms with Gasteiger partial charge in [0.2, 0.25) is 0 Å². The Kier molecular flexibility index (Phi) is 8.88. The summed E-state index contributed by atoms with van der Waals surface area (Å²) in [5.74, 6) is -0.686. The second-order valence-electron chi connectivity index (χ2n) is 5.51. The Bertz CT molecular complexity index is 328. The molecule has 1 unspecified atom stereocenters. The maximum Gasteiger partial charge on any atom is 0.331 e. The van der Waals surface area contributed by atoms with Crippen molar-refractivity contribution in [2.24, 2.45) is 0 Å². The molecule has 0 aromatic heterocycles. The SMILES string of the molecule is CCOC(=O)CCCCC(O)/C=C/C(=O)OC(C)(C)C. The van der Waals surface area contributed by atoms with Crippen molar-refractivity contribution in [1.29, 1.82) is 0 Å². The number of carbonyl (C=O) groups excluding carboxylic acids is 2. The molecule has 0 fully saturated rings. The van der Waals surface area contributed by atoms with Gasteiger partial charge in [0.1, 0.15) is 5.60 Å². The highest BCUT2D eigenvalue weighted by Gasteiger charge is 2.14. The first-order valence-electron chi connectivity index (χ1n) is 6.99. The fourth-order valence-corrected chi connectivity index (χ4v) is 1.48. The molecule has 0 saturated heterocycles. The van der Waals surface area contributed by atoms with Crippen LogP contribution in [0.25, 0.3) is 0 Å². The minimum atomic E-state index is -0.704. The number of rotatable bonds is 8. The monoisotopic (exact) mass is 286 g/mol. The summed E-state index contributed by atoms with van der Waals surface area (Å²) < 4.78 is 9.87. The van der Waals surface area contributed by atoms with E-state index in [4.69, 9.17) is 9.47 Å². The molecule has 116 valence electrons. The van der Waals surface area contributed by atoms with Crippen LogP contribution in [0.4, 0.5) is 0 Å². The van der Waals surface area contributed by atoms with E-state index in [2.05, 4.69) is 0 Å². The molecule has 0 aliphatic rings. The van der Waals surface area contributed by atoms with Crippen LogP contribution in [0, 0.1) is 0 Å². The third-order valence-electron chi connectivity index (χ3n) is 2.30. The number of carbonyl (C=O) groups is 2. The van der Waals surface area contributed by atoms with E-state index in [1.807, 2.05) is 0 Å². The molecule has 0 bridgehead atoms. The van der Waals surface area contributed by atoms with Crippen LogP contribution in [0.5, 0.6) is 0 Å². The highest BCUT2D eigenvalue weighted by atomic mass is 16.6. The molecule has 0 amide bonds. The van der Waals surface area contributed by atoms with Gasteiger partial charge in [0.15, 0.2) is 0 Å². The number of hydrogen-bond acceptors (Lipinski definition) is 5. The molecule has 0 spiro atoms. The van der Waals surface area contributed by atoms with Gasteiger partial charge in [0, 0.05) is 12.5 Å². The van der Waals surface area contributed by atoms with Crippen molar-refractivity contribution in [3.05, 3.63) is 12.2 Å². The maximum atomic E-state index is 11.4. The Morgan fingerprint density at radius 2 is 1.90 bits per heavy atom. The van der Waals surface area contributed by atoms with Crippen LogP contribution in [-0.4, -0.2) is 35.4 Å². The zero-order valence-corrected chi connectivity index (χ0v) is 12.8. The first-order chi connectivity index (χ1) is 9.24. The Balaban J connectivity index is 3.80. The summed E-state index contributed by atoms with van der Waals surface area (Å²) in [6.07, 6.45) is 4.16. The highest BCUT2D eigenvalue weighted by Crippen LogP contribution is 2.09. The summed E-state index contributed by atoms with van der Waals surface area (Å²) in [6, 6.07) is 0. The van der Waals surface area contributed by atoms with E-state index < -0.39 is 17.7 Å². The zero-order chi connectivity index (χ0) is 15.6. The molecule has 5 nitrogen and oxygen atoms in total. The van der Waals surface area contributed by atoms with E-state index in [0.29, 0.717) is 32.3 Å². The van der Waals surface area contributed by atoms with Gasteiger partial charge in [-0.05, 0) is 53.0 Å². The number of esters is 2. The number of aliphatic hydroxyl groups excluding tert-OH is 1. The van der Waals surface area contributed by atoms with Crippen molar-refractivity contribution in [1.82, 2.24) is 0 Å². The van der Waals surface area contributed by atoms with Crippen LogP contribution in [0.15, 0.2) is 12.2 Å². The van der Waals surface area contributed by atoms with Crippen molar-refractivity contribution in [2.45, 2.75) is 65.1 Å². The van der Waals surface area contributed by atoms with Gasteiger partial charge >= 0.3 is 11.9 Å². The molecule has 1 N–H and O–H groups in total. The van der Waals surface area contributed by atoms with E-state index in [0.717, 1.165) is 0 Å². The lowest BCUT2D eigenvalue weighted by Gasteiger charge is -2.18. The van der Waals surface area contributed by atoms with Crippen LogP contribution >= 0.6 is 0 Å². The standard InChI is InChI=1S/C15H26O5/c1-5-19-13(17)9-7-6-8-12(16)10-11-14(18)20-15(2,3)4/h10-12,16H,5-9H2,1-4H3/b11-10+. The van der Waals surface area contributed by atoms with Crippen molar-refractivity contribution >= 4 is 11.9 Å². The van der Waals surface area contributed by atoms with Crippen LogP contribution in [-0.2, 0) is 19.1 Å². The minimum Gasteiger partial charge on any atom is -0.466 e. The molecule has 0 aromatic rings. The molecular weight excluding hydrogens is 260 g/mol. The number of aliphatic hydroxyl groups is 1. The number of hydrogen-bond donors (Lipinski definition) is 1. The summed E-state index contributed by atoms with van der Waals surface area (Å²) in [4.78, 5) is 22.4. The quantitative estimate of drug-likeness (QED) is 0.421. The van der Waals surface area contributed by atoms with Crippen molar-refractivity contribution in [2.75, 3.05) is 6.61 Å². The molecule has 0 saturated carbocycles. The Hall–Kier alpha value is -1.36. The topological polar surface area (TPSA) is 72.8 Å². The molecule has 5 heteroatoms. The predicted octanol–water partition coefficient (Wildman–Crippen LogP) is 2.37. The molecule has 0 rings (SSSR count). The largest absolute Gasteiger partial charge is 0.466 e. The second-order valence-corrected chi connectivity index (χ2v) is 5.51.